The lowest BCUT2D eigenvalue weighted by atomic mass is 10.1. The van der Waals surface area contributed by atoms with Crippen molar-refractivity contribution < 1.29 is 33.4 Å². The Bertz CT molecular complexity index is 997. The van der Waals surface area contributed by atoms with Crippen LogP contribution in [0.2, 0.25) is 0 Å². The maximum absolute atomic E-state index is 12.3. The molecule has 1 aromatic heterocycles. The Morgan fingerprint density at radius 2 is 1.80 bits per heavy atom. The van der Waals surface area contributed by atoms with Gasteiger partial charge in [0.1, 0.15) is 10.8 Å². The second-order valence-electron chi connectivity index (χ2n) is 6.15. The molecule has 2 rings (SSSR count). The Morgan fingerprint density at radius 3 is 2.40 bits per heavy atom. The van der Waals surface area contributed by atoms with E-state index in [4.69, 9.17) is 19.9 Å². The van der Waals surface area contributed by atoms with E-state index in [0.717, 1.165) is 16.9 Å². The van der Waals surface area contributed by atoms with Gasteiger partial charge in [-0.25, -0.2) is 9.59 Å². The zero-order valence-electron chi connectivity index (χ0n) is 17.0. The predicted molar refractivity (Wildman–Crippen MR) is 110 cm³/mol. The molecule has 0 aliphatic rings. The van der Waals surface area contributed by atoms with E-state index in [9.17, 15) is 19.2 Å². The monoisotopic (exact) mass is 434 g/mol. The summed E-state index contributed by atoms with van der Waals surface area (Å²) in [7, 11) is 1.48. The summed E-state index contributed by atoms with van der Waals surface area (Å²) < 4.78 is 15.2. The third-order valence-corrected chi connectivity index (χ3v) is 5.30. The summed E-state index contributed by atoms with van der Waals surface area (Å²) in [5.74, 6) is -2.32. The molecule has 0 radical (unpaired) electrons. The highest BCUT2D eigenvalue weighted by Gasteiger charge is 2.26. The molecule has 0 aliphatic heterocycles. The number of anilines is 1. The number of methoxy groups -OCH3 is 1. The molecule has 3 N–H and O–H groups in total. The lowest BCUT2D eigenvalue weighted by Gasteiger charge is -2.09. The first-order valence-electron chi connectivity index (χ1n) is 8.91. The quantitative estimate of drug-likeness (QED) is 0.609. The largest absolute Gasteiger partial charge is 0.496 e. The number of ether oxygens (including phenoxy) is 3. The molecular formula is C20H22N2O7S. The van der Waals surface area contributed by atoms with E-state index in [1.165, 1.54) is 20.1 Å². The van der Waals surface area contributed by atoms with Crippen molar-refractivity contribution in [2.45, 2.75) is 20.8 Å². The minimum atomic E-state index is -0.733. The zero-order chi connectivity index (χ0) is 22.4. The molecule has 0 saturated heterocycles. The van der Waals surface area contributed by atoms with Crippen molar-refractivity contribution in [2.24, 2.45) is 5.73 Å². The second-order valence-corrected chi connectivity index (χ2v) is 7.17. The van der Waals surface area contributed by atoms with Crippen molar-refractivity contribution in [3.63, 3.8) is 0 Å². The van der Waals surface area contributed by atoms with Crippen molar-refractivity contribution in [3.8, 4) is 5.75 Å². The van der Waals surface area contributed by atoms with Gasteiger partial charge in [0.25, 0.3) is 11.8 Å². The highest BCUT2D eigenvalue weighted by molar-refractivity contribution is 7.18. The van der Waals surface area contributed by atoms with Gasteiger partial charge in [0.2, 0.25) is 0 Å². The molecule has 9 nitrogen and oxygen atoms in total. The van der Waals surface area contributed by atoms with Crippen LogP contribution in [0, 0.1) is 13.8 Å². The molecule has 1 heterocycles. The number of carbonyl (C=O) groups is 4. The minimum Gasteiger partial charge on any atom is -0.496 e. The van der Waals surface area contributed by atoms with Gasteiger partial charge in [-0.15, -0.1) is 11.3 Å². The van der Waals surface area contributed by atoms with Crippen molar-refractivity contribution in [1.82, 2.24) is 0 Å². The molecule has 0 atom stereocenters. The molecule has 30 heavy (non-hydrogen) atoms. The van der Waals surface area contributed by atoms with Gasteiger partial charge < -0.3 is 25.3 Å². The Morgan fingerprint density at radius 1 is 1.10 bits per heavy atom. The summed E-state index contributed by atoms with van der Waals surface area (Å²) in [5, 5.41) is 2.57. The van der Waals surface area contributed by atoms with E-state index in [-0.39, 0.29) is 27.6 Å². The van der Waals surface area contributed by atoms with Crippen molar-refractivity contribution in [2.75, 3.05) is 25.6 Å². The number of esters is 2. The summed E-state index contributed by atoms with van der Waals surface area (Å²) >= 11 is 0.850. The first-order valence-corrected chi connectivity index (χ1v) is 9.73. The van der Waals surface area contributed by atoms with Crippen LogP contribution in [0.4, 0.5) is 5.00 Å². The predicted octanol–water partition coefficient (Wildman–Crippen LogP) is 2.44. The number of nitrogens with one attached hydrogen (secondary N) is 1. The molecular weight excluding hydrogens is 412 g/mol. The number of carbonyl (C=O) groups excluding carboxylic acids is 4. The topological polar surface area (TPSA) is 134 Å². The maximum Gasteiger partial charge on any atom is 0.341 e. The average molecular weight is 434 g/mol. The number of thiophene rings is 1. The summed E-state index contributed by atoms with van der Waals surface area (Å²) in [6.07, 6.45) is 0. The Balaban J connectivity index is 2.12. The molecule has 0 aliphatic carbocycles. The zero-order valence-corrected chi connectivity index (χ0v) is 17.8. The van der Waals surface area contributed by atoms with Gasteiger partial charge in [-0.05, 0) is 44.0 Å². The number of aryl methyl sites for hydroxylation is 1. The van der Waals surface area contributed by atoms with Gasteiger partial charge in [0.05, 0.1) is 29.7 Å². The maximum atomic E-state index is 12.3. The number of rotatable bonds is 8. The third-order valence-electron chi connectivity index (χ3n) is 4.08. The summed E-state index contributed by atoms with van der Waals surface area (Å²) in [5.41, 5.74) is 6.74. The molecule has 160 valence electrons. The van der Waals surface area contributed by atoms with Crippen molar-refractivity contribution in [3.05, 3.63) is 45.3 Å². The summed E-state index contributed by atoms with van der Waals surface area (Å²) in [6.45, 7) is 4.51. The molecule has 2 amide bonds. The van der Waals surface area contributed by atoms with E-state index in [1.54, 1.807) is 19.1 Å². The number of primary amides is 1. The Hall–Kier alpha value is -3.40. The SMILES string of the molecule is CCOC(=O)c1c(NC(=O)COC(=O)c2ccc(C)c(OC)c2)sc(C(N)=O)c1C. The second kappa shape index (κ2) is 9.88. The number of hydrogen-bond donors (Lipinski definition) is 2. The van der Waals surface area contributed by atoms with Crippen LogP contribution in [0.1, 0.15) is 48.4 Å². The average Bonchev–Trinajstić information content (AvgIpc) is 3.02. The van der Waals surface area contributed by atoms with Crippen LogP contribution < -0.4 is 15.8 Å². The molecule has 2 aromatic rings. The van der Waals surface area contributed by atoms with Crippen LogP contribution in [0.15, 0.2) is 18.2 Å². The first-order chi connectivity index (χ1) is 14.2. The molecule has 0 saturated carbocycles. The van der Waals surface area contributed by atoms with E-state index >= 15 is 0 Å². The molecule has 10 heteroatoms. The van der Waals surface area contributed by atoms with Crippen molar-refractivity contribution >= 4 is 40.1 Å². The fourth-order valence-electron chi connectivity index (χ4n) is 2.61. The van der Waals surface area contributed by atoms with E-state index in [1.807, 2.05) is 6.92 Å². The standard InChI is InChI=1S/C20H22N2O7S/c1-5-28-20(26)15-11(3)16(17(21)24)30-18(15)22-14(23)9-29-19(25)12-7-6-10(2)13(8-12)27-4/h6-8H,5,9H2,1-4H3,(H2,21,24)(H,22,23). The number of hydrogen-bond acceptors (Lipinski definition) is 8. The number of amides is 2. The van der Waals surface area contributed by atoms with Crippen LogP contribution in [0.5, 0.6) is 5.75 Å². The lowest BCUT2D eigenvalue weighted by Crippen LogP contribution is -2.21. The van der Waals surface area contributed by atoms with Gasteiger partial charge >= 0.3 is 11.9 Å². The van der Waals surface area contributed by atoms with Gasteiger partial charge in [0, 0.05) is 0 Å². The lowest BCUT2D eigenvalue weighted by molar-refractivity contribution is -0.119. The van der Waals surface area contributed by atoms with Gasteiger partial charge in [-0.3, -0.25) is 9.59 Å². The third kappa shape index (κ3) is 5.15. The van der Waals surface area contributed by atoms with Gasteiger partial charge in [-0.1, -0.05) is 6.07 Å². The van der Waals surface area contributed by atoms with E-state index in [0.29, 0.717) is 11.3 Å². The first kappa shape index (κ1) is 22.9. The molecule has 0 spiro atoms. The highest BCUT2D eigenvalue weighted by Crippen LogP contribution is 2.33. The normalized spacial score (nSPS) is 10.3. The fourth-order valence-corrected chi connectivity index (χ4v) is 3.67. The van der Waals surface area contributed by atoms with Gasteiger partial charge in [-0.2, -0.15) is 0 Å². The molecule has 0 fully saturated rings. The van der Waals surface area contributed by atoms with Gasteiger partial charge in [0.15, 0.2) is 6.61 Å². The fraction of sp³-hybridized carbons (Fsp3) is 0.300. The molecule has 0 unspecified atom stereocenters. The van der Waals surface area contributed by atoms with Crippen LogP contribution in [-0.2, 0) is 14.3 Å². The van der Waals surface area contributed by atoms with Crippen LogP contribution in [0.25, 0.3) is 0 Å². The van der Waals surface area contributed by atoms with Crippen LogP contribution in [-0.4, -0.2) is 44.1 Å². The summed E-state index contributed by atoms with van der Waals surface area (Å²) in [4.78, 5) is 48.4. The van der Waals surface area contributed by atoms with Crippen molar-refractivity contribution in [1.29, 1.82) is 0 Å². The van der Waals surface area contributed by atoms with E-state index < -0.39 is 30.4 Å². The van der Waals surface area contributed by atoms with Crippen LogP contribution in [0.3, 0.4) is 0 Å². The summed E-state index contributed by atoms with van der Waals surface area (Å²) in [6, 6.07) is 4.76. The van der Waals surface area contributed by atoms with Crippen LogP contribution >= 0.6 is 11.3 Å². The molecule has 0 bridgehead atoms. The Labute approximate surface area is 177 Å². The smallest absolute Gasteiger partial charge is 0.341 e. The number of benzene rings is 1. The highest BCUT2D eigenvalue weighted by atomic mass is 32.1. The Kier molecular flexibility index (Phi) is 7.54. The number of nitrogens with two attached hydrogens (primary N) is 1. The minimum absolute atomic E-state index is 0.0404. The molecule has 1 aromatic carbocycles. The van der Waals surface area contributed by atoms with E-state index in [2.05, 4.69) is 5.32 Å².